The molecule has 1 unspecified atom stereocenters. The van der Waals surface area contributed by atoms with Crippen LogP contribution in [-0.2, 0) is 4.79 Å². The zero-order valence-corrected chi connectivity index (χ0v) is 12.0. The van der Waals surface area contributed by atoms with Gasteiger partial charge in [-0.3, -0.25) is 9.69 Å². The van der Waals surface area contributed by atoms with Crippen molar-refractivity contribution in [1.82, 2.24) is 10.2 Å². The van der Waals surface area contributed by atoms with Gasteiger partial charge < -0.3 is 10.4 Å². The average molecular weight is 284 g/mol. The summed E-state index contributed by atoms with van der Waals surface area (Å²) in [6.07, 6.45) is 0.981. The first-order valence-corrected chi connectivity index (χ1v) is 7.42. The van der Waals surface area contributed by atoms with Crippen LogP contribution in [-0.4, -0.2) is 42.2 Å². The molecule has 0 saturated carbocycles. The molecule has 21 heavy (non-hydrogen) atoms. The van der Waals surface area contributed by atoms with Gasteiger partial charge in [-0.15, -0.1) is 0 Å². The topological polar surface area (TPSA) is 52.6 Å². The molecule has 110 valence electrons. The molecule has 2 aromatic carbocycles. The third-order valence-electron chi connectivity index (χ3n) is 4.09. The lowest BCUT2D eigenvalue weighted by Gasteiger charge is -2.28. The Morgan fingerprint density at radius 3 is 2.76 bits per heavy atom. The van der Waals surface area contributed by atoms with Crippen LogP contribution in [0.15, 0.2) is 42.5 Å². The molecule has 1 heterocycles. The predicted octanol–water partition coefficient (Wildman–Crippen LogP) is 2.26. The summed E-state index contributed by atoms with van der Waals surface area (Å²) in [6, 6.07) is 13.3. The minimum Gasteiger partial charge on any atom is -0.480 e. The number of carbonyl (C=O) groups is 1. The third kappa shape index (κ3) is 2.91. The van der Waals surface area contributed by atoms with Gasteiger partial charge in [0, 0.05) is 19.6 Å². The fourth-order valence-corrected chi connectivity index (χ4v) is 3.10. The molecule has 0 aliphatic carbocycles. The largest absolute Gasteiger partial charge is 0.480 e. The fraction of sp³-hybridized carbons (Fsp3) is 0.353. The molecule has 4 nitrogen and oxygen atoms in total. The van der Waals surface area contributed by atoms with Crippen molar-refractivity contribution >= 4 is 16.7 Å². The summed E-state index contributed by atoms with van der Waals surface area (Å²) in [7, 11) is 0. The second kappa shape index (κ2) is 6.24. The number of rotatable bonds is 3. The zero-order valence-electron chi connectivity index (χ0n) is 12.0. The molecule has 2 aromatic rings. The van der Waals surface area contributed by atoms with Crippen molar-refractivity contribution in [3.05, 3.63) is 48.0 Å². The van der Waals surface area contributed by atoms with E-state index in [4.69, 9.17) is 0 Å². The molecule has 0 aromatic heterocycles. The van der Waals surface area contributed by atoms with Crippen molar-refractivity contribution in [3.63, 3.8) is 0 Å². The van der Waals surface area contributed by atoms with Crippen LogP contribution < -0.4 is 5.32 Å². The molecule has 1 atom stereocenters. The van der Waals surface area contributed by atoms with Gasteiger partial charge in [0.15, 0.2) is 0 Å². The van der Waals surface area contributed by atoms with Crippen molar-refractivity contribution in [3.8, 4) is 0 Å². The highest BCUT2D eigenvalue weighted by molar-refractivity contribution is 5.90. The molecular formula is C17H20N2O2. The van der Waals surface area contributed by atoms with Gasteiger partial charge in [0.25, 0.3) is 0 Å². The maximum Gasteiger partial charge on any atom is 0.325 e. The molecule has 1 aliphatic heterocycles. The van der Waals surface area contributed by atoms with Crippen molar-refractivity contribution in [2.45, 2.75) is 12.5 Å². The van der Waals surface area contributed by atoms with Gasteiger partial charge in [-0.05, 0) is 29.3 Å². The summed E-state index contributed by atoms with van der Waals surface area (Å²) in [4.78, 5) is 14.0. The van der Waals surface area contributed by atoms with E-state index >= 15 is 0 Å². The quantitative estimate of drug-likeness (QED) is 0.908. The lowest BCUT2D eigenvalue weighted by molar-refractivity contribution is -0.143. The number of carboxylic acids is 1. The zero-order chi connectivity index (χ0) is 14.7. The first-order chi connectivity index (χ1) is 10.3. The van der Waals surface area contributed by atoms with Gasteiger partial charge in [0.05, 0.1) is 0 Å². The molecule has 3 rings (SSSR count). The minimum atomic E-state index is -0.770. The first-order valence-electron chi connectivity index (χ1n) is 7.42. The second-order valence-corrected chi connectivity index (χ2v) is 5.45. The van der Waals surface area contributed by atoms with E-state index in [-0.39, 0.29) is 0 Å². The predicted molar refractivity (Wildman–Crippen MR) is 83.4 cm³/mol. The van der Waals surface area contributed by atoms with Crippen LogP contribution >= 0.6 is 0 Å². The first kappa shape index (κ1) is 14.0. The average Bonchev–Trinajstić information content (AvgIpc) is 2.77. The number of nitrogens with zero attached hydrogens (tertiary/aromatic N) is 1. The smallest absolute Gasteiger partial charge is 0.325 e. The summed E-state index contributed by atoms with van der Waals surface area (Å²) in [6.45, 7) is 3.38. The standard InChI is InChI=1S/C17H20N2O2/c20-17(21)16(19-11-4-9-18-10-12-19)15-8-3-6-13-5-1-2-7-14(13)15/h1-3,5-8,16,18H,4,9-12H2,(H,20,21). The van der Waals surface area contributed by atoms with Gasteiger partial charge in [-0.2, -0.15) is 0 Å². The van der Waals surface area contributed by atoms with E-state index in [0.717, 1.165) is 48.9 Å². The Hall–Kier alpha value is -1.91. The summed E-state index contributed by atoms with van der Waals surface area (Å²) >= 11 is 0. The Labute approximate surface area is 124 Å². The molecule has 1 aliphatic rings. The van der Waals surface area contributed by atoms with Crippen molar-refractivity contribution < 1.29 is 9.90 Å². The summed E-state index contributed by atoms with van der Waals surface area (Å²) in [5.74, 6) is -0.770. The Balaban J connectivity index is 2.05. The van der Waals surface area contributed by atoms with Crippen molar-refractivity contribution in [2.24, 2.45) is 0 Å². The van der Waals surface area contributed by atoms with Crippen LogP contribution in [0.25, 0.3) is 10.8 Å². The monoisotopic (exact) mass is 284 g/mol. The molecule has 0 radical (unpaired) electrons. The van der Waals surface area contributed by atoms with E-state index in [0.29, 0.717) is 0 Å². The molecule has 1 saturated heterocycles. The number of fused-ring (bicyclic) bond motifs is 1. The number of hydrogen-bond donors (Lipinski definition) is 2. The maximum atomic E-state index is 11.9. The van der Waals surface area contributed by atoms with E-state index < -0.39 is 12.0 Å². The van der Waals surface area contributed by atoms with E-state index in [2.05, 4.69) is 10.2 Å². The van der Waals surface area contributed by atoms with Gasteiger partial charge in [0.1, 0.15) is 6.04 Å². The van der Waals surface area contributed by atoms with Crippen LogP contribution in [0.4, 0.5) is 0 Å². The number of benzene rings is 2. The SMILES string of the molecule is O=C(O)C(c1cccc2ccccc12)N1CCCNCC1. The molecule has 4 heteroatoms. The lowest BCUT2D eigenvalue weighted by atomic mass is 9.97. The normalized spacial score (nSPS) is 18.3. The summed E-state index contributed by atoms with van der Waals surface area (Å²) in [5, 5.41) is 15.2. The van der Waals surface area contributed by atoms with Crippen LogP contribution in [0.5, 0.6) is 0 Å². The Morgan fingerprint density at radius 1 is 1.10 bits per heavy atom. The molecule has 0 spiro atoms. The highest BCUT2D eigenvalue weighted by Crippen LogP contribution is 2.29. The van der Waals surface area contributed by atoms with Crippen molar-refractivity contribution in [2.75, 3.05) is 26.2 Å². The Morgan fingerprint density at radius 2 is 1.90 bits per heavy atom. The molecule has 2 N–H and O–H groups in total. The fourth-order valence-electron chi connectivity index (χ4n) is 3.10. The number of hydrogen-bond acceptors (Lipinski definition) is 3. The van der Waals surface area contributed by atoms with Crippen molar-refractivity contribution in [1.29, 1.82) is 0 Å². The minimum absolute atomic E-state index is 0.573. The summed E-state index contributed by atoms with van der Waals surface area (Å²) in [5.41, 5.74) is 0.891. The number of nitrogens with one attached hydrogen (secondary N) is 1. The van der Waals surface area contributed by atoms with Crippen LogP contribution in [0.3, 0.4) is 0 Å². The molecule has 0 amide bonds. The van der Waals surface area contributed by atoms with Gasteiger partial charge in [0.2, 0.25) is 0 Å². The van der Waals surface area contributed by atoms with Gasteiger partial charge in [-0.25, -0.2) is 0 Å². The highest BCUT2D eigenvalue weighted by atomic mass is 16.4. The number of aliphatic carboxylic acids is 1. The third-order valence-corrected chi connectivity index (χ3v) is 4.09. The van der Waals surface area contributed by atoms with E-state index in [9.17, 15) is 9.90 Å². The summed E-state index contributed by atoms with van der Waals surface area (Å²) < 4.78 is 0. The van der Waals surface area contributed by atoms with Gasteiger partial charge >= 0.3 is 5.97 Å². The van der Waals surface area contributed by atoms with E-state index in [1.54, 1.807) is 0 Å². The Kier molecular flexibility index (Phi) is 4.18. The highest BCUT2D eigenvalue weighted by Gasteiger charge is 2.28. The van der Waals surface area contributed by atoms with E-state index in [1.807, 2.05) is 42.5 Å². The Bertz CT molecular complexity index is 628. The second-order valence-electron chi connectivity index (χ2n) is 5.45. The molecule has 1 fully saturated rings. The van der Waals surface area contributed by atoms with Crippen LogP contribution in [0, 0.1) is 0 Å². The van der Waals surface area contributed by atoms with Crippen LogP contribution in [0.2, 0.25) is 0 Å². The van der Waals surface area contributed by atoms with Crippen LogP contribution in [0.1, 0.15) is 18.0 Å². The molecular weight excluding hydrogens is 264 g/mol. The maximum absolute atomic E-state index is 11.9. The molecule has 0 bridgehead atoms. The lowest BCUT2D eigenvalue weighted by Crippen LogP contribution is -2.36. The number of carboxylic acid groups (broad SMARTS) is 1. The van der Waals surface area contributed by atoms with Gasteiger partial charge in [-0.1, -0.05) is 42.5 Å². The van der Waals surface area contributed by atoms with E-state index in [1.165, 1.54) is 0 Å².